The van der Waals surface area contributed by atoms with Crippen molar-refractivity contribution in [1.29, 1.82) is 0 Å². The van der Waals surface area contributed by atoms with Crippen LogP contribution in [-0.2, 0) is 6.54 Å². The lowest BCUT2D eigenvalue weighted by molar-refractivity contribution is -0.802. The maximum absolute atomic E-state index is 11.2. The number of nitrogens with zero attached hydrogens (tertiary/aromatic N) is 4. The second-order valence-electron chi connectivity index (χ2n) is 7.01. The minimum atomic E-state index is -0.363. The summed E-state index contributed by atoms with van der Waals surface area (Å²) >= 11 is 1.55. The van der Waals surface area contributed by atoms with E-state index in [9.17, 15) is 10.1 Å². The van der Waals surface area contributed by atoms with E-state index in [-0.39, 0.29) is 16.5 Å². The van der Waals surface area contributed by atoms with Gasteiger partial charge in [-0.25, -0.2) is 9.48 Å². The first-order chi connectivity index (χ1) is 13.4. The molecule has 0 spiro atoms. The number of nitro groups is 1. The summed E-state index contributed by atoms with van der Waals surface area (Å²) in [6, 6.07) is 10.7. The summed E-state index contributed by atoms with van der Waals surface area (Å²) < 4.78 is 0.503. The van der Waals surface area contributed by atoms with Gasteiger partial charge in [-0.3, -0.25) is 20.4 Å². The summed E-state index contributed by atoms with van der Waals surface area (Å²) in [7, 11) is 1.92. The summed E-state index contributed by atoms with van der Waals surface area (Å²) in [5.41, 5.74) is 2.21. The molecule has 0 fully saturated rings. The van der Waals surface area contributed by atoms with Crippen molar-refractivity contribution in [3.63, 3.8) is 0 Å². The molecule has 1 N–H and O–H groups in total. The third kappa shape index (κ3) is 4.30. The molecular formula is C20H24N5O2S+. The van der Waals surface area contributed by atoms with Gasteiger partial charge >= 0.3 is 0 Å². The zero-order valence-electron chi connectivity index (χ0n) is 16.2. The quantitative estimate of drug-likeness (QED) is 0.411. The highest BCUT2D eigenvalue weighted by molar-refractivity contribution is 8.02. The number of rotatable bonds is 8. The largest absolute Gasteiger partial charge is 0.273 e. The second kappa shape index (κ2) is 8.64. The van der Waals surface area contributed by atoms with Gasteiger partial charge in [-0.2, -0.15) is 0 Å². The first kappa shape index (κ1) is 20.2. The van der Waals surface area contributed by atoms with Crippen molar-refractivity contribution in [3.8, 4) is 0 Å². The van der Waals surface area contributed by atoms with Gasteiger partial charge in [-0.1, -0.05) is 26.0 Å². The van der Waals surface area contributed by atoms with Gasteiger partial charge in [0.15, 0.2) is 6.34 Å². The normalized spacial score (nSPS) is 18.9. The van der Waals surface area contributed by atoms with E-state index < -0.39 is 0 Å². The molecule has 1 aliphatic rings. The van der Waals surface area contributed by atoms with Crippen molar-refractivity contribution in [1.82, 2.24) is 10.3 Å². The van der Waals surface area contributed by atoms with Crippen molar-refractivity contribution in [2.24, 2.45) is 10.9 Å². The molecule has 8 heteroatoms. The maximum atomic E-state index is 11.2. The minimum absolute atomic E-state index is 0.0922. The fourth-order valence-corrected chi connectivity index (χ4v) is 4.50. The number of nitrogens with one attached hydrogen (secondary N) is 1. The van der Waals surface area contributed by atoms with Crippen LogP contribution in [0.5, 0.6) is 0 Å². The van der Waals surface area contributed by atoms with E-state index in [1.54, 1.807) is 30.1 Å². The van der Waals surface area contributed by atoms with E-state index in [2.05, 4.69) is 30.2 Å². The average Bonchev–Trinajstić information content (AvgIpc) is 3.01. The topological polar surface area (TPSA) is 80.4 Å². The van der Waals surface area contributed by atoms with Crippen LogP contribution in [0.1, 0.15) is 19.4 Å². The highest BCUT2D eigenvalue weighted by atomic mass is 32.2. The summed E-state index contributed by atoms with van der Waals surface area (Å²) in [6.45, 7) is 5.59. The number of aromatic nitrogens is 1. The molecule has 0 radical (unpaired) electrons. The van der Waals surface area contributed by atoms with E-state index in [1.807, 2.05) is 31.7 Å². The first-order valence-electron chi connectivity index (χ1n) is 9.08. The Morgan fingerprint density at radius 1 is 1.29 bits per heavy atom. The molecule has 146 valence electrons. The smallest absolute Gasteiger partial charge is 0.270 e. The second-order valence-corrected chi connectivity index (χ2v) is 8.07. The number of allylic oxidation sites excluding steroid dienone is 1. The molecule has 0 amide bonds. The van der Waals surface area contributed by atoms with Crippen LogP contribution in [0.4, 0.5) is 5.69 Å². The Morgan fingerprint density at radius 2 is 2.11 bits per heavy atom. The zero-order valence-corrected chi connectivity index (χ0v) is 17.0. The Kier molecular flexibility index (Phi) is 6.23. The van der Waals surface area contributed by atoms with Crippen molar-refractivity contribution in [3.05, 3.63) is 75.2 Å². The summed E-state index contributed by atoms with van der Waals surface area (Å²) in [5, 5.41) is 15.5. The van der Waals surface area contributed by atoms with Gasteiger partial charge in [0, 0.05) is 40.9 Å². The minimum Gasteiger partial charge on any atom is -0.273 e. The number of quaternary nitrogens is 1. The Morgan fingerprint density at radius 3 is 2.75 bits per heavy atom. The molecule has 1 unspecified atom stereocenters. The molecule has 28 heavy (non-hydrogen) atoms. The van der Waals surface area contributed by atoms with Crippen LogP contribution in [0.2, 0.25) is 0 Å². The summed E-state index contributed by atoms with van der Waals surface area (Å²) in [5.74, 6) is 0.239. The predicted octanol–water partition coefficient (Wildman–Crippen LogP) is 4.14. The van der Waals surface area contributed by atoms with E-state index in [4.69, 9.17) is 4.99 Å². The maximum Gasteiger partial charge on any atom is 0.270 e. The van der Waals surface area contributed by atoms with Gasteiger partial charge in [-0.15, -0.1) is 0 Å². The highest BCUT2D eigenvalue weighted by Gasteiger charge is 2.40. The molecule has 1 aliphatic heterocycles. The molecule has 7 nitrogen and oxygen atoms in total. The van der Waals surface area contributed by atoms with Gasteiger partial charge < -0.3 is 0 Å². The third-order valence-electron chi connectivity index (χ3n) is 4.46. The number of aliphatic imine (C=N–C) groups is 1. The van der Waals surface area contributed by atoms with E-state index in [0.717, 1.165) is 21.2 Å². The number of benzene rings is 1. The molecule has 1 aromatic heterocycles. The molecule has 1 aromatic carbocycles. The lowest BCUT2D eigenvalue weighted by Gasteiger charge is -2.32. The number of hydrogen-bond acceptors (Lipinski definition) is 6. The van der Waals surface area contributed by atoms with Gasteiger partial charge in [-0.05, 0) is 30.9 Å². The van der Waals surface area contributed by atoms with Crippen LogP contribution in [-0.4, -0.2) is 34.4 Å². The van der Waals surface area contributed by atoms with Gasteiger partial charge in [0.2, 0.25) is 5.03 Å². The van der Waals surface area contributed by atoms with Crippen molar-refractivity contribution >= 4 is 23.8 Å². The summed E-state index contributed by atoms with van der Waals surface area (Å²) in [4.78, 5) is 20.6. The van der Waals surface area contributed by atoms with E-state index >= 15 is 0 Å². The zero-order chi connectivity index (χ0) is 20.1. The third-order valence-corrected chi connectivity index (χ3v) is 5.71. The molecule has 0 bridgehead atoms. The molecule has 3 rings (SSSR count). The predicted molar refractivity (Wildman–Crippen MR) is 111 cm³/mol. The van der Waals surface area contributed by atoms with Crippen molar-refractivity contribution in [2.75, 3.05) is 13.7 Å². The lowest BCUT2D eigenvalue weighted by Crippen LogP contribution is -2.48. The molecule has 1 atom stereocenters. The highest BCUT2D eigenvalue weighted by Crippen LogP contribution is 2.43. The molecule has 0 saturated carbocycles. The Bertz CT molecular complexity index is 914. The van der Waals surface area contributed by atoms with E-state index in [1.165, 1.54) is 6.07 Å². The Labute approximate surface area is 168 Å². The SMILES string of the molecule is CNC[N+]1(Cc2cccnc2)C=NC(C(C)C)=C1Sc1cccc([N+](=O)[O-])c1. The van der Waals surface area contributed by atoms with Crippen molar-refractivity contribution in [2.45, 2.75) is 25.3 Å². The first-order valence-corrected chi connectivity index (χ1v) is 9.89. The molecule has 2 aromatic rings. The van der Waals surface area contributed by atoms with Crippen LogP contribution in [0.15, 0.2) is 69.4 Å². The number of hydrogen-bond donors (Lipinski definition) is 1. The summed E-state index contributed by atoms with van der Waals surface area (Å²) in [6.07, 6.45) is 5.60. The Balaban J connectivity index is 2.02. The van der Waals surface area contributed by atoms with E-state index in [0.29, 0.717) is 17.7 Å². The average molecular weight is 399 g/mol. The van der Waals surface area contributed by atoms with Gasteiger partial charge in [0.05, 0.1) is 4.92 Å². The molecule has 0 aliphatic carbocycles. The Hall–Kier alpha value is -2.55. The fourth-order valence-electron chi connectivity index (χ4n) is 3.20. The molecular weight excluding hydrogens is 374 g/mol. The monoisotopic (exact) mass is 398 g/mol. The number of nitro benzene ring substituents is 1. The molecule has 2 heterocycles. The van der Waals surface area contributed by atoms with Crippen molar-refractivity contribution < 1.29 is 9.41 Å². The van der Waals surface area contributed by atoms with Crippen LogP contribution in [0, 0.1) is 16.0 Å². The molecule has 0 saturated heterocycles. The number of pyridine rings is 1. The van der Waals surface area contributed by atoms with Gasteiger partial charge in [0.1, 0.15) is 18.9 Å². The standard InChI is InChI=1S/C20H24N5O2S/c1-15(2)19-20(28-18-8-4-7-17(10-18)24(26)27)25(13-21-3,14-23-19)12-16-6-5-9-22-11-16/h4-11,14-15,21H,12-13H2,1-3H3/q+1. The van der Waals surface area contributed by atoms with Gasteiger partial charge in [0.25, 0.3) is 5.69 Å². The van der Waals surface area contributed by atoms with Crippen LogP contribution >= 0.6 is 11.8 Å². The fraction of sp³-hybridized carbons (Fsp3) is 0.300. The number of thioether (sulfide) groups is 1. The van der Waals surface area contributed by atoms with Crippen LogP contribution in [0.3, 0.4) is 0 Å². The van der Waals surface area contributed by atoms with Crippen LogP contribution in [0.25, 0.3) is 0 Å². The van der Waals surface area contributed by atoms with Crippen LogP contribution < -0.4 is 5.32 Å². The lowest BCUT2D eigenvalue weighted by atomic mass is 10.1. The number of non-ortho nitro benzene ring substituents is 1.